The number of rotatable bonds is 4. The third-order valence-electron chi connectivity index (χ3n) is 3.70. The molecule has 0 aliphatic heterocycles. The van der Waals surface area contributed by atoms with Crippen molar-refractivity contribution >= 4 is 28.5 Å². The molecular weight excluding hydrogens is 333 g/mol. The summed E-state index contributed by atoms with van der Waals surface area (Å²) < 4.78 is 24.2. The van der Waals surface area contributed by atoms with Gasteiger partial charge in [-0.05, 0) is 42.3 Å². The molecule has 1 aromatic heterocycles. The molecule has 1 N–H and O–H groups in total. The molecule has 6 heteroatoms. The molecule has 0 saturated carbocycles. The van der Waals surface area contributed by atoms with E-state index in [1.807, 2.05) is 6.07 Å². The maximum Gasteiger partial charge on any atom is 0.354 e. The molecule has 0 saturated heterocycles. The van der Waals surface area contributed by atoms with E-state index in [0.717, 1.165) is 11.1 Å². The fourth-order valence-corrected chi connectivity index (χ4v) is 2.85. The summed E-state index contributed by atoms with van der Waals surface area (Å²) >= 11 is 6.18. The number of hydrogen-bond donors (Lipinski definition) is 1. The van der Waals surface area contributed by atoms with E-state index >= 15 is 0 Å². The van der Waals surface area contributed by atoms with Crippen molar-refractivity contribution in [3.8, 4) is 16.9 Å². The van der Waals surface area contributed by atoms with Crippen LogP contribution in [0.1, 0.15) is 17.4 Å². The van der Waals surface area contributed by atoms with E-state index in [0.29, 0.717) is 16.2 Å². The van der Waals surface area contributed by atoms with Gasteiger partial charge in [0.25, 0.3) is 0 Å². The average molecular weight is 348 g/mol. The van der Waals surface area contributed by atoms with Gasteiger partial charge in [-0.2, -0.15) is 0 Å². The minimum atomic E-state index is -0.521. The van der Waals surface area contributed by atoms with Gasteiger partial charge in [0.15, 0.2) is 0 Å². The normalized spacial score (nSPS) is 10.8. The van der Waals surface area contributed by atoms with Crippen LogP contribution in [0.15, 0.2) is 36.4 Å². The average Bonchev–Trinajstić information content (AvgIpc) is 3.01. The van der Waals surface area contributed by atoms with Gasteiger partial charge in [-0.25, -0.2) is 9.18 Å². The van der Waals surface area contributed by atoms with Gasteiger partial charge >= 0.3 is 5.97 Å². The third kappa shape index (κ3) is 2.83. The van der Waals surface area contributed by atoms with Gasteiger partial charge in [-0.1, -0.05) is 23.7 Å². The van der Waals surface area contributed by atoms with E-state index < -0.39 is 11.8 Å². The number of hydrogen-bond acceptors (Lipinski definition) is 3. The summed E-state index contributed by atoms with van der Waals surface area (Å²) in [6.45, 7) is 1.96. The van der Waals surface area contributed by atoms with Crippen LogP contribution in [0.3, 0.4) is 0 Å². The number of aromatic nitrogens is 1. The van der Waals surface area contributed by atoms with Crippen LogP contribution in [-0.2, 0) is 4.74 Å². The van der Waals surface area contributed by atoms with Crippen LogP contribution in [0, 0.1) is 5.82 Å². The number of benzene rings is 2. The van der Waals surface area contributed by atoms with E-state index in [1.54, 1.807) is 31.2 Å². The standard InChI is InChI=1S/C18H15ClFNO3/c1-3-24-18(22)15-9-12-11(5-6-14(20)17(12)21-15)10-4-7-16(23-2)13(19)8-10/h4-9,21H,3H2,1-2H3. The molecule has 0 spiro atoms. The van der Waals surface area contributed by atoms with Gasteiger partial charge in [0.1, 0.15) is 17.3 Å². The number of aromatic amines is 1. The van der Waals surface area contributed by atoms with Crippen molar-refractivity contribution in [2.24, 2.45) is 0 Å². The zero-order valence-electron chi connectivity index (χ0n) is 13.2. The summed E-state index contributed by atoms with van der Waals surface area (Å²) in [6.07, 6.45) is 0. The molecule has 0 aliphatic carbocycles. The summed E-state index contributed by atoms with van der Waals surface area (Å²) in [4.78, 5) is 14.7. The Morgan fingerprint density at radius 2 is 2.04 bits per heavy atom. The van der Waals surface area contributed by atoms with Gasteiger partial charge in [0.2, 0.25) is 0 Å². The van der Waals surface area contributed by atoms with E-state index in [4.69, 9.17) is 21.1 Å². The Bertz CT molecular complexity index is 920. The van der Waals surface area contributed by atoms with Crippen molar-refractivity contribution in [2.45, 2.75) is 6.92 Å². The van der Waals surface area contributed by atoms with E-state index in [-0.39, 0.29) is 17.8 Å². The number of methoxy groups -OCH3 is 1. The molecule has 0 unspecified atom stereocenters. The van der Waals surface area contributed by atoms with Crippen molar-refractivity contribution in [3.05, 3.63) is 52.9 Å². The van der Waals surface area contributed by atoms with Crippen LogP contribution in [-0.4, -0.2) is 24.7 Å². The Kier molecular flexibility index (Phi) is 4.44. The van der Waals surface area contributed by atoms with Crippen LogP contribution >= 0.6 is 11.6 Å². The molecule has 0 amide bonds. The molecular formula is C18H15ClFNO3. The van der Waals surface area contributed by atoms with Crippen molar-refractivity contribution < 1.29 is 18.7 Å². The predicted molar refractivity (Wildman–Crippen MR) is 91.2 cm³/mol. The van der Waals surface area contributed by atoms with Gasteiger partial charge in [0, 0.05) is 5.39 Å². The maximum absolute atomic E-state index is 14.1. The largest absolute Gasteiger partial charge is 0.495 e. The first-order chi connectivity index (χ1) is 11.5. The lowest BCUT2D eigenvalue weighted by Gasteiger charge is -2.08. The first-order valence-electron chi connectivity index (χ1n) is 7.37. The lowest BCUT2D eigenvalue weighted by atomic mass is 10.0. The molecule has 3 rings (SSSR count). The molecule has 0 bridgehead atoms. The minimum absolute atomic E-state index is 0.206. The van der Waals surface area contributed by atoms with Gasteiger partial charge in [-0.3, -0.25) is 0 Å². The Balaban J connectivity index is 2.16. The van der Waals surface area contributed by atoms with Crippen LogP contribution in [0.5, 0.6) is 5.75 Å². The topological polar surface area (TPSA) is 51.3 Å². The Morgan fingerprint density at radius 3 is 2.71 bits per heavy atom. The van der Waals surface area contributed by atoms with Crippen LogP contribution in [0.2, 0.25) is 5.02 Å². The highest BCUT2D eigenvalue weighted by molar-refractivity contribution is 6.32. The fourth-order valence-electron chi connectivity index (χ4n) is 2.59. The highest BCUT2D eigenvalue weighted by Gasteiger charge is 2.16. The Labute approximate surface area is 143 Å². The van der Waals surface area contributed by atoms with Gasteiger partial charge in [-0.15, -0.1) is 0 Å². The van der Waals surface area contributed by atoms with Crippen molar-refractivity contribution in [1.29, 1.82) is 0 Å². The summed E-state index contributed by atoms with van der Waals surface area (Å²) in [6, 6.07) is 9.90. The number of halogens is 2. The molecule has 24 heavy (non-hydrogen) atoms. The van der Waals surface area contributed by atoms with Crippen LogP contribution in [0.25, 0.3) is 22.0 Å². The quantitative estimate of drug-likeness (QED) is 0.689. The molecule has 124 valence electrons. The summed E-state index contributed by atoms with van der Waals surface area (Å²) in [5, 5.41) is 1.04. The van der Waals surface area contributed by atoms with Crippen LogP contribution in [0.4, 0.5) is 4.39 Å². The first kappa shape index (κ1) is 16.3. The van der Waals surface area contributed by atoms with Gasteiger partial charge < -0.3 is 14.5 Å². The smallest absolute Gasteiger partial charge is 0.354 e. The second-order valence-corrected chi connectivity index (χ2v) is 5.54. The number of ether oxygens (including phenoxy) is 2. The molecule has 0 atom stereocenters. The Hall–Kier alpha value is -2.53. The van der Waals surface area contributed by atoms with Crippen molar-refractivity contribution in [2.75, 3.05) is 13.7 Å². The summed E-state index contributed by atoms with van der Waals surface area (Å²) in [5.41, 5.74) is 2.00. The first-order valence-corrected chi connectivity index (χ1v) is 7.75. The molecule has 1 heterocycles. The number of esters is 1. The third-order valence-corrected chi connectivity index (χ3v) is 4.00. The van der Waals surface area contributed by atoms with Crippen molar-refractivity contribution in [3.63, 3.8) is 0 Å². The molecule has 3 aromatic rings. The highest BCUT2D eigenvalue weighted by atomic mass is 35.5. The zero-order valence-corrected chi connectivity index (χ0v) is 13.9. The monoisotopic (exact) mass is 347 g/mol. The fraction of sp³-hybridized carbons (Fsp3) is 0.167. The SMILES string of the molecule is CCOC(=O)c1cc2c(-c3ccc(OC)c(Cl)c3)ccc(F)c2[nH]1. The molecule has 0 fully saturated rings. The number of nitrogens with one attached hydrogen (secondary N) is 1. The lowest BCUT2D eigenvalue weighted by molar-refractivity contribution is 0.0520. The van der Waals surface area contributed by atoms with Crippen LogP contribution < -0.4 is 4.74 Å². The number of carbonyl (C=O) groups is 1. The van der Waals surface area contributed by atoms with Gasteiger partial charge in [0.05, 0.1) is 24.3 Å². The maximum atomic E-state index is 14.1. The van der Waals surface area contributed by atoms with E-state index in [2.05, 4.69) is 4.98 Å². The molecule has 0 radical (unpaired) electrons. The molecule has 2 aromatic carbocycles. The molecule has 0 aliphatic rings. The van der Waals surface area contributed by atoms with E-state index in [1.165, 1.54) is 13.2 Å². The molecule has 4 nitrogen and oxygen atoms in total. The zero-order chi connectivity index (χ0) is 17.3. The second-order valence-electron chi connectivity index (χ2n) is 5.14. The number of carbonyl (C=O) groups excluding carboxylic acids is 1. The number of H-pyrrole nitrogens is 1. The summed E-state index contributed by atoms with van der Waals surface area (Å²) in [7, 11) is 1.54. The van der Waals surface area contributed by atoms with Crippen molar-refractivity contribution in [1.82, 2.24) is 4.98 Å². The predicted octanol–water partition coefficient (Wildman–Crippen LogP) is 4.81. The minimum Gasteiger partial charge on any atom is -0.495 e. The second kappa shape index (κ2) is 6.53. The number of fused-ring (bicyclic) bond motifs is 1. The van der Waals surface area contributed by atoms with E-state index in [9.17, 15) is 9.18 Å². The lowest BCUT2D eigenvalue weighted by Crippen LogP contribution is -2.04. The Morgan fingerprint density at radius 1 is 1.25 bits per heavy atom. The highest BCUT2D eigenvalue weighted by Crippen LogP contribution is 2.35. The summed E-state index contributed by atoms with van der Waals surface area (Å²) in [5.74, 6) is -0.407.